The number of aryl methyl sites for hydroxylation is 1. The molecule has 1 aromatic rings. The van der Waals surface area contributed by atoms with E-state index in [1.807, 2.05) is 0 Å². The first kappa shape index (κ1) is 18.4. The fraction of sp³-hybridized carbons (Fsp3) is 0.696. The van der Waals surface area contributed by atoms with E-state index in [1.54, 1.807) is 0 Å². The van der Waals surface area contributed by atoms with Crippen LogP contribution in [0.4, 0.5) is 0 Å². The van der Waals surface area contributed by atoms with Gasteiger partial charge in [0.15, 0.2) is 5.96 Å². The fourth-order valence-electron chi connectivity index (χ4n) is 5.96. The van der Waals surface area contributed by atoms with Crippen molar-refractivity contribution in [1.29, 1.82) is 0 Å². The van der Waals surface area contributed by atoms with E-state index >= 15 is 0 Å². The molecule has 152 valence electrons. The number of benzene rings is 1. The maximum Gasteiger partial charge on any atom is 0.194 e. The lowest BCUT2D eigenvalue weighted by molar-refractivity contribution is -0.171. The Kier molecular flexibility index (Phi) is 4.84. The van der Waals surface area contributed by atoms with Gasteiger partial charge in [0, 0.05) is 37.1 Å². The number of rotatable bonds is 3. The molecule has 1 aromatic carbocycles. The lowest BCUT2D eigenvalue weighted by Gasteiger charge is -2.63. The maximum absolute atomic E-state index is 6.15. The minimum absolute atomic E-state index is 0.112. The molecule has 5 nitrogen and oxygen atoms in total. The summed E-state index contributed by atoms with van der Waals surface area (Å²) in [6.45, 7) is 8.55. The van der Waals surface area contributed by atoms with E-state index in [-0.39, 0.29) is 6.10 Å². The van der Waals surface area contributed by atoms with E-state index in [4.69, 9.17) is 14.5 Å². The third-order valence-corrected chi connectivity index (χ3v) is 7.53. The number of hydrogen-bond acceptors (Lipinski definition) is 3. The minimum atomic E-state index is 0.112. The highest BCUT2D eigenvalue weighted by molar-refractivity contribution is 5.81. The highest BCUT2D eigenvalue weighted by Crippen LogP contribution is 2.62. The van der Waals surface area contributed by atoms with Crippen molar-refractivity contribution in [3.8, 4) is 0 Å². The molecule has 2 aliphatic carbocycles. The molecule has 0 radical (unpaired) electrons. The van der Waals surface area contributed by atoms with Crippen LogP contribution in [0.15, 0.2) is 29.3 Å². The first-order valence-electron chi connectivity index (χ1n) is 11.1. The Hall–Kier alpha value is -1.59. The molecule has 0 bridgehead atoms. The number of hydrogen-bond donors (Lipinski definition) is 1. The van der Waals surface area contributed by atoms with Crippen molar-refractivity contribution in [2.24, 2.45) is 16.3 Å². The van der Waals surface area contributed by atoms with Crippen molar-refractivity contribution in [3.63, 3.8) is 0 Å². The second-order valence-corrected chi connectivity index (χ2v) is 8.91. The second-order valence-electron chi connectivity index (χ2n) is 8.91. The molecule has 2 heterocycles. The predicted molar refractivity (Wildman–Crippen MR) is 110 cm³/mol. The Morgan fingerprint density at radius 2 is 2.11 bits per heavy atom. The Morgan fingerprint density at radius 1 is 1.25 bits per heavy atom. The monoisotopic (exact) mass is 383 g/mol. The topological polar surface area (TPSA) is 46.1 Å². The van der Waals surface area contributed by atoms with Crippen molar-refractivity contribution in [2.75, 3.05) is 32.8 Å². The number of nitrogens with one attached hydrogen (secondary N) is 1. The average molecular weight is 384 g/mol. The molecular weight excluding hydrogens is 350 g/mol. The Balaban J connectivity index is 1.33. The number of nitrogens with zero attached hydrogens (tertiary/aromatic N) is 2. The van der Waals surface area contributed by atoms with Gasteiger partial charge >= 0.3 is 0 Å². The molecule has 28 heavy (non-hydrogen) atoms. The molecule has 2 saturated heterocycles. The fourth-order valence-corrected chi connectivity index (χ4v) is 5.96. The van der Waals surface area contributed by atoms with Gasteiger partial charge in [-0.3, -0.25) is 4.99 Å². The number of guanidine groups is 1. The van der Waals surface area contributed by atoms with Gasteiger partial charge in [-0.25, -0.2) is 0 Å². The SMILES string of the molecule is CCN=C(NC1C2CCOC2C12CCC2)N1CCOC(c2ccccc2C)C1. The van der Waals surface area contributed by atoms with Gasteiger partial charge in [-0.05, 0) is 44.2 Å². The summed E-state index contributed by atoms with van der Waals surface area (Å²) in [5.41, 5.74) is 2.97. The quantitative estimate of drug-likeness (QED) is 0.643. The first-order valence-corrected chi connectivity index (χ1v) is 11.1. The van der Waals surface area contributed by atoms with Gasteiger partial charge in [0.05, 0.1) is 19.3 Å². The summed E-state index contributed by atoms with van der Waals surface area (Å²) in [5, 5.41) is 3.92. The van der Waals surface area contributed by atoms with Gasteiger partial charge in [-0.1, -0.05) is 30.7 Å². The summed E-state index contributed by atoms with van der Waals surface area (Å²) in [6, 6.07) is 9.10. The lowest BCUT2D eigenvalue weighted by Crippen LogP contribution is -2.72. The summed E-state index contributed by atoms with van der Waals surface area (Å²) in [6.07, 6.45) is 5.75. The van der Waals surface area contributed by atoms with E-state index in [1.165, 1.54) is 36.8 Å². The van der Waals surface area contributed by atoms with Crippen molar-refractivity contribution >= 4 is 5.96 Å². The van der Waals surface area contributed by atoms with E-state index in [0.29, 0.717) is 23.5 Å². The Morgan fingerprint density at radius 3 is 2.86 bits per heavy atom. The van der Waals surface area contributed by atoms with Crippen LogP contribution in [-0.4, -0.2) is 55.9 Å². The predicted octanol–water partition coefficient (Wildman–Crippen LogP) is 3.29. The van der Waals surface area contributed by atoms with Gasteiger partial charge in [-0.15, -0.1) is 0 Å². The zero-order chi connectivity index (χ0) is 19.1. The molecule has 4 atom stereocenters. The highest BCUT2D eigenvalue weighted by Gasteiger charge is 2.66. The molecular formula is C23H33N3O2. The molecule has 2 aliphatic heterocycles. The van der Waals surface area contributed by atoms with Crippen molar-refractivity contribution < 1.29 is 9.47 Å². The molecule has 0 aromatic heterocycles. The number of fused-ring (bicyclic) bond motifs is 2. The third kappa shape index (κ3) is 2.86. The molecule has 1 N–H and O–H groups in total. The largest absolute Gasteiger partial charge is 0.377 e. The molecule has 4 aliphatic rings. The van der Waals surface area contributed by atoms with Crippen LogP contribution in [0.2, 0.25) is 0 Å². The molecule has 4 fully saturated rings. The molecule has 1 spiro atoms. The zero-order valence-corrected chi connectivity index (χ0v) is 17.2. The first-order chi connectivity index (χ1) is 13.7. The standard InChI is InChI=1S/C23H33N3O2/c1-3-24-22(25-20-18-9-13-28-21(18)23(20)10-6-11-23)26-12-14-27-19(15-26)17-8-5-4-7-16(17)2/h4-5,7-8,18-21H,3,6,9-15H2,1-2H3,(H,24,25). The smallest absolute Gasteiger partial charge is 0.194 e. The van der Waals surface area contributed by atoms with Crippen molar-refractivity contribution in [2.45, 2.75) is 57.8 Å². The summed E-state index contributed by atoms with van der Waals surface area (Å²) in [5.74, 6) is 1.74. The van der Waals surface area contributed by atoms with Gasteiger partial charge in [0.1, 0.15) is 6.10 Å². The molecule has 5 rings (SSSR count). The van der Waals surface area contributed by atoms with Crippen molar-refractivity contribution in [3.05, 3.63) is 35.4 Å². The van der Waals surface area contributed by atoms with E-state index in [9.17, 15) is 0 Å². The average Bonchev–Trinajstić information content (AvgIpc) is 3.09. The van der Waals surface area contributed by atoms with Crippen LogP contribution >= 0.6 is 0 Å². The summed E-state index contributed by atoms with van der Waals surface area (Å²) >= 11 is 0. The molecule has 2 saturated carbocycles. The van der Waals surface area contributed by atoms with Crippen LogP contribution in [0.5, 0.6) is 0 Å². The Labute approximate surface area is 168 Å². The van der Waals surface area contributed by atoms with Crippen LogP contribution in [0, 0.1) is 18.3 Å². The van der Waals surface area contributed by atoms with Crippen LogP contribution in [0.1, 0.15) is 49.8 Å². The van der Waals surface area contributed by atoms with Crippen LogP contribution < -0.4 is 5.32 Å². The van der Waals surface area contributed by atoms with Gasteiger partial charge in [0.25, 0.3) is 0 Å². The van der Waals surface area contributed by atoms with Crippen molar-refractivity contribution in [1.82, 2.24) is 10.2 Å². The highest BCUT2D eigenvalue weighted by atomic mass is 16.5. The number of aliphatic imine (C=N–C) groups is 1. The molecule has 5 heteroatoms. The van der Waals surface area contributed by atoms with E-state index in [0.717, 1.165) is 38.8 Å². The molecule has 4 unspecified atom stereocenters. The van der Waals surface area contributed by atoms with E-state index in [2.05, 4.69) is 48.3 Å². The molecule has 0 amide bonds. The van der Waals surface area contributed by atoms with Gasteiger partial charge in [-0.2, -0.15) is 0 Å². The van der Waals surface area contributed by atoms with Gasteiger partial charge < -0.3 is 19.7 Å². The normalized spacial score (nSPS) is 33.9. The van der Waals surface area contributed by atoms with Crippen LogP contribution in [-0.2, 0) is 9.47 Å². The zero-order valence-electron chi connectivity index (χ0n) is 17.2. The summed E-state index contributed by atoms with van der Waals surface area (Å²) in [4.78, 5) is 7.31. The lowest BCUT2D eigenvalue weighted by atomic mass is 9.46. The maximum atomic E-state index is 6.15. The van der Waals surface area contributed by atoms with Crippen LogP contribution in [0.25, 0.3) is 0 Å². The van der Waals surface area contributed by atoms with Gasteiger partial charge in [0.2, 0.25) is 0 Å². The minimum Gasteiger partial charge on any atom is -0.377 e. The summed E-state index contributed by atoms with van der Waals surface area (Å²) in [7, 11) is 0. The van der Waals surface area contributed by atoms with Crippen LogP contribution in [0.3, 0.4) is 0 Å². The third-order valence-electron chi connectivity index (χ3n) is 7.53. The van der Waals surface area contributed by atoms with E-state index < -0.39 is 0 Å². The second kappa shape index (κ2) is 7.34. The number of ether oxygens (including phenoxy) is 2. The number of morpholine rings is 1. The Bertz CT molecular complexity index is 745. The summed E-state index contributed by atoms with van der Waals surface area (Å²) < 4.78 is 12.2.